The SMILES string of the molecule is CN(C=O)c1sc2ccccc2c1CN1CCC[C@H]1CCc1cc2ccc(C#N)cc2n1C. The van der Waals surface area contributed by atoms with Crippen molar-refractivity contribution in [1.29, 1.82) is 5.26 Å². The first kappa shape index (κ1) is 21.7. The van der Waals surface area contributed by atoms with Gasteiger partial charge in [0.1, 0.15) is 5.00 Å². The summed E-state index contributed by atoms with van der Waals surface area (Å²) in [5.74, 6) is 0. The van der Waals surface area contributed by atoms with E-state index in [-0.39, 0.29) is 0 Å². The number of amides is 1. The Morgan fingerprint density at radius 1 is 1.24 bits per heavy atom. The minimum absolute atomic E-state index is 0.533. The maximum absolute atomic E-state index is 11.5. The lowest BCUT2D eigenvalue weighted by Crippen LogP contribution is -2.30. The molecule has 0 spiro atoms. The van der Waals surface area contributed by atoms with Gasteiger partial charge in [-0.2, -0.15) is 5.26 Å². The van der Waals surface area contributed by atoms with Crippen LogP contribution in [0.5, 0.6) is 0 Å². The van der Waals surface area contributed by atoms with Crippen LogP contribution in [0.25, 0.3) is 21.0 Å². The molecular weight excluding hydrogens is 428 g/mol. The lowest BCUT2D eigenvalue weighted by atomic mass is 10.1. The molecule has 6 heteroatoms. The molecule has 1 atom stereocenters. The smallest absolute Gasteiger partial charge is 0.214 e. The third kappa shape index (κ3) is 4.03. The summed E-state index contributed by atoms with van der Waals surface area (Å²) < 4.78 is 3.47. The molecule has 0 aliphatic carbocycles. The second-order valence-electron chi connectivity index (χ2n) is 8.98. The molecule has 3 heterocycles. The van der Waals surface area contributed by atoms with Crippen molar-refractivity contribution in [2.75, 3.05) is 18.5 Å². The normalized spacial score (nSPS) is 16.5. The fourth-order valence-electron chi connectivity index (χ4n) is 5.22. The van der Waals surface area contributed by atoms with Crippen molar-refractivity contribution in [3.63, 3.8) is 0 Å². The molecule has 33 heavy (non-hydrogen) atoms. The zero-order chi connectivity index (χ0) is 22.9. The molecule has 1 aliphatic rings. The molecule has 2 aromatic carbocycles. The molecule has 0 bridgehead atoms. The van der Waals surface area contributed by atoms with Crippen molar-refractivity contribution >= 4 is 43.7 Å². The van der Waals surface area contributed by atoms with Crippen LogP contribution in [0.4, 0.5) is 5.00 Å². The van der Waals surface area contributed by atoms with Crippen LogP contribution in [0.3, 0.4) is 0 Å². The summed E-state index contributed by atoms with van der Waals surface area (Å²) in [7, 11) is 3.95. The van der Waals surface area contributed by atoms with Crippen LogP contribution in [0.2, 0.25) is 0 Å². The van der Waals surface area contributed by atoms with Gasteiger partial charge < -0.3 is 9.47 Å². The third-order valence-electron chi connectivity index (χ3n) is 7.02. The summed E-state index contributed by atoms with van der Waals surface area (Å²) in [6, 6.07) is 19.4. The summed E-state index contributed by atoms with van der Waals surface area (Å²) in [5.41, 5.74) is 4.41. The lowest BCUT2D eigenvalue weighted by molar-refractivity contribution is -0.107. The predicted octanol–water partition coefficient (Wildman–Crippen LogP) is 5.45. The van der Waals surface area contributed by atoms with Gasteiger partial charge in [-0.05, 0) is 67.3 Å². The van der Waals surface area contributed by atoms with E-state index in [1.807, 2.05) is 25.2 Å². The summed E-state index contributed by atoms with van der Waals surface area (Å²) in [4.78, 5) is 15.9. The monoisotopic (exact) mass is 456 g/mol. The zero-order valence-corrected chi connectivity index (χ0v) is 19.9. The predicted molar refractivity (Wildman–Crippen MR) is 136 cm³/mol. The van der Waals surface area contributed by atoms with Crippen LogP contribution in [0.15, 0.2) is 48.5 Å². The van der Waals surface area contributed by atoms with Gasteiger partial charge in [-0.3, -0.25) is 9.69 Å². The quantitative estimate of drug-likeness (QED) is 0.347. The number of aryl methyl sites for hydroxylation is 2. The van der Waals surface area contributed by atoms with Crippen LogP contribution in [-0.2, 0) is 24.8 Å². The number of carbonyl (C=O) groups is 1. The maximum Gasteiger partial charge on any atom is 0.214 e. The topological polar surface area (TPSA) is 52.3 Å². The second-order valence-corrected chi connectivity index (χ2v) is 10.0. The fourth-order valence-corrected chi connectivity index (χ4v) is 6.36. The first-order chi connectivity index (χ1) is 16.1. The number of anilines is 1. The Balaban J connectivity index is 1.36. The average molecular weight is 457 g/mol. The first-order valence-electron chi connectivity index (χ1n) is 11.5. The molecule has 4 aromatic rings. The van der Waals surface area contributed by atoms with Crippen LogP contribution in [0.1, 0.15) is 36.1 Å². The molecule has 0 saturated carbocycles. The number of thiophene rings is 1. The van der Waals surface area contributed by atoms with Crippen molar-refractivity contribution < 1.29 is 4.79 Å². The van der Waals surface area contributed by atoms with Gasteiger partial charge in [0.05, 0.1) is 11.6 Å². The van der Waals surface area contributed by atoms with Crippen LogP contribution in [-0.4, -0.2) is 35.5 Å². The van der Waals surface area contributed by atoms with Crippen molar-refractivity contribution in [3.8, 4) is 6.07 Å². The fraction of sp³-hybridized carbons (Fsp3) is 0.333. The molecule has 2 aromatic heterocycles. The molecule has 5 rings (SSSR count). The van der Waals surface area contributed by atoms with Crippen molar-refractivity contribution in [1.82, 2.24) is 9.47 Å². The number of nitriles is 1. The number of aromatic nitrogens is 1. The van der Waals surface area contributed by atoms with Gasteiger partial charge in [0.25, 0.3) is 0 Å². The van der Waals surface area contributed by atoms with E-state index >= 15 is 0 Å². The summed E-state index contributed by atoms with van der Waals surface area (Å²) in [6.07, 6.45) is 5.46. The zero-order valence-electron chi connectivity index (χ0n) is 19.1. The molecule has 0 unspecified atom stereocenters. The standard InChI is InChI=1S/C27H28N4OS/c1-29(18-32)27-24(23-7-3-4-8-26(23)33-27)17-31-13-5-6-21(31)11-12-22-15-20-10-9-19(16-28)14-25(20)30(22)2/h3-4,7-10,14-15,18,21H,5-6,11-13,17H2,1-2H3/t21-/m0/s1. The van der Waals surface area contributed by atoms with E-state index in [2.05, 4.69) is 52.9 Å². The van der Waals surface area contributed by atoms with Crippen LogP contribution in [0, 0.1) is 11.3 Å². The maximum atomic E-state index is 11.5. The number of carbonyl (C=O) groups excluding carboxylic acids is 1. The second kappa shape index (κ2) is 9.01. The highest BCUT2D eigenvalue weighted by molar-refractivity contribution is 7.23. The largest absolute Gasteiger partial charge is 0.348 e. The molecular formula is C27H28N4OS. The number of benzene rings is 2. The van der Waals surface area contributed by atoms with Crippen LogP contribution < -0.4 is 4.90 Å². The van der Waals surface area contributed by atoms with E-state index < -0.39 is 0 Å². The lowest BCUT2D eigenvalue weighted by Gasteiger charge is -2.25. The molecule has 5 nitrogen and oxygen atoms in total. The summed E-state index contributed by atoms with van der Waals surface area (Å²) >= 11 is 1.70. The minimum Gasteiger partial charge on any atom is -0.348 e. The number of likely N-dealkylation sites (tertiary alicyclic amines) is 1. The highest BCUT2D eigenvalue weighted by Gasteiger charge is 2.27. The molecule has 0 N–H and O–H groups in total. The number of hydrogen-bond acceptors (Lipinski definition) is 4. The van der Waals surface area contributed by atoms with E-state index in [4.69, 9.17) is 0 Å². The Kier molecular flexibility index (Phi) is 5.92. The Hall–Kier alpha value is -3.14. The minimum atomic E-state index is 0.533. The van der Waals surface area contributed by atoms with Gasteiger partial charge in [0.2, 0.25) is 6.41 Å². The van der Waals surface area contributed by atoms with Gasteiger partial charge >= 0.3 is 0 Å². The molecule has 1 aliphatic heterocycles. The van der Waals surface area contributed by atoms with Gasteiger partial charge in [-0.15, -0.1) is 11.3 Å². The van der Waals surface area contributed by atoms with Crippen molar-refractivity contribution in [2.45, 2.75) is 38.3 Å². The van der Waals surface area contributed by atoms with E-state index in [0.29, 0.717) is 11.6 Å². The molecule has 1 saturated heterocycles. The van der Waals surface area contributed by atoms with E-state index in [0.717, 1.165) is 42.9 Å². The van der Waals surface area contributed by atoms with Crippen molar-refractivity contribution in [3.05, 3.63) is 65.4 Å². The number of nitrogens with zero attached hydrogens (tertiary/aromatic N) is 4. The van der Waals surface area contributed by atoms with Gasteiger partial charge in [0, 0.05) is 48.2 Å². The number of hydrogen-bond donors (Lipinski definition) is 0. The molecule has 1 fully saturated rings. The van der Waals surface area contributed by atoms with E-state index in [9.17, 15) is 10.1 Å². The van der Waals surface area contributed by atoms with Gasteiger partial charge in [-0.25, -0.2) is 0 Å². The van der Waals surface area contributed by atoms with Gasteiger partial charge in [-0.1, -0.05) is 24.3 Å². The summed E-state index contributed by atoms with van der Waals surface area (Å²) in [6.45, 7) is 1.97. The highest BCUT2D eigenvalue weighted by atomic mass is 32.1. The Morgan fingerprint density at radius 3 is 2.91 bits per heavy atom. The third-order valence-corrected chi connectivity index (χ3v) is 8.33. The molecule has 168 valence electrons. The van der Waals surface area contributed by atoms with Crippen molar-refractivity contribution in [2.24, 2.45) is 7.05 Å². The Morgan fingerprint density at radius 2 is 2.09 bits per heavy atom. The highest BCUT2D eigenvalue weighted by Crippen LogP contribution is 2.39. The summed E-state index contributed by atoms with van der Waals surface area (Å²) in [5, 5.41) is 12.7. The Bertz CT molecular complexity index is 1360. The molecule has 0 radical (unpaired) electrons. The van der Waals surface area contributed by atoms with Crippen LogP contribution >= 0.6 is 11.3 Å². The van der Waals surface area contributed by atoms with Gasteiger partial charge in [0.15, 0.2) is 0 Å². The number of fused-ring (bicyclic) bond motifs is 2. The average Bonchev–Trinajstić information content (AvgIpc) is 3.53. The van der Waals surface area contributed by atoms with E-state index in [1.54, 1.807) is 16.2 Å². The number of rotatable bonds is 7. The van der Waals surface area contributed by atoms with E-state index in [1.165, 1.54) is 39.6 Å². The Labute approximate surface area is 198 Å². The molecule has 1 amide bonds. The first-order valence-corrected chi connectivity index (χ1v) is 12.3.